The number of fused-ring (bicyclic) bond motifs is 1. The van der Waals surface area contributed by atoms with Crippen molar-refractivity contribution < 1.29 is 22.6 Å². The van der Waals surface area contributed by atoms with Crippen LogP contribution in [0.15, 0.2) is 0 Å². The molecule has 0 aromatic rings. The number of nitrogens with one attached hydrogen (secondary N) is 1. The van der Waals surface area contributed by atoms with Gasteiger partial charge in [0, 0.05) is 57.3 Å². The molecular weight excluding hydrogens is 409 g/mol. The van der Waals surface area contributed by atoms with Crippen molar-refractivity contribution in [2.45, 2.75) is 63.1 Å². The Balaban J connectivity index is 1.38. The summed E-state index contributed by atoms with van der Waals surface area (Å²) >= 11 is 0. The summed E-state index contributed by atoms with van der Waals surface area (Å²) in [6.07, 6.45) is -0.663. The van der Waals surface area contributed by atoms with E-state index in [0.717, 1.165) is 52.2 Å². The monoisotopic (exact) mass is 446 g/mol. The number of nitrogens with zero attached hydrogens (tertiary/aromatic N) is 3. The van der Waals surface area contributed by atoms with Gasteiger partial charge in [-0.3, -0.25) is 4.90 Å². The molecule has 0 bridgehead atoms. The number of hydrazine groups is 1. The number of halogens is 3. The van der Waals surface area contributed by atoms with Crippen LogP contribution in [0.1, 0.15) is 32.6 Å². The van der Waals surface area contributed by atoms with Crippen LogP contribution >= 0.6 is 0 Å². The zero-order valence-electron chi connectivity index (χ0n) is 18.9. The molecule has 31 heavy (non-hydrogen) atoms. The Kier molecular flexibility index (Phi) is 5.84. The highest BCUT2D eigenvalue weighted by Crippen LogP contribution is 2.53. The van der Waals surface area contributed by atoms with Crippen LogP contribution in [0.25, 0.3) is 0 Å². The molecular formula is C22H37F3N4O2. The third kappa shape index (κ3) is 3.64. The Bertz CT molecular complexity index is 655. The van der Waals surface area contributed by atoms with Crippen molar-refractivity contribution in [2.24, 2.45) is 23.2 Å². The third-order valence-corrected chi connectivity index (χ3v) is 9.08. The first kappa shape index (κ1) is 22.3. The summed E-state index contributed by atoms with van der Waals surface area (Å²) in [5.74, 6) is 0.299. The number of alkyl halides is 3. The van der Waals surface area contributed by atoms with Gasteiger partial charge < -0.3 is 14.8 Å². The van der Waals surface area contributed by atoms with Crippen LogP contribution in [0.5, 0.6) is 0 Å². The van der Waals surface area contributed by atoms with Crippen molar-refractivity contribution in [1.29, 1.82) is 0 Å². The van der Waals surface area contributed by atoms with Crippen molar-refractivity contribution in [3.63, 3.8) is 0 Å². The minimum absolute atomic E-state index is 0.0109. The van der Waals surface area contributed by atoms with E-state index in [1.807, 2.05) is 7.05 Å². The van der Waals surface area contributed by atoms with Gasteiger partial charge in [-0.25, -0.2) is 10.0 Å². The van der Waals surface area contributed by atoms with Gasteiger partial charge in [-0.1, -0.05) is 0 Å². The lowest BCUT2D eigenvalue weighted by atomic mass is 9.69. The molecule has 0 saturated carbocycles. The fourth-order valence-corrected chi connectivity index (χ4v) is 7.20. The van der Waals surface area contributed by atoms with E-state index >= 15 is 0 Å². The number of hydrogen-bond donors (Lipinski definition) is 1. The number of rotatable bonds is 3. The van der Waals surface area contributed by atoms with E-state index in [4.69, 9.17) is 9.47 Å². The van der Waals surface area contributed by atoms with Crippen LogP contribution in [-0.2, 0) is 9.47 Å². The summed E-state index contributed by atoms with van der Waals surface area (Å²) in [6.45, 7) is 5.40. The predicted octanol–water partition coefficient (Wildman–Crippen LogP) is 2.17. The van der Waals surface area contributed by atoms with Gasteiger partial charge in [0.1, 0.15) is 0 Å². The highest BCUT2D eigenvalue weighted by Gasteiger charge is 2.63. The van der Waals surface area contributed by atoms with Crippen LogP contribution in [0.4, 0.5) is 13.2 Å². The second-order valence-corrected chi connectivity index (χ2v) is 10.7. The quantitative estimate of drug-likeness (QED) is 0.717. The number of hydrogen-bond acceptors (Lipinski definition) is 6. The van der Waals surface area contributed by atoms with Gasteiger partial charge >= 0.3 is 6.18 Å². The van der Waals surface area contributed by atoms with Gasteiger partial charge in [0.2, 0.25) is 0 Å². The van der Waals surface area contributed by atoms with Crippen LogP contribution in [0, 0.1) is 23.2 Å². The van der Waals surface area contributed by atoms with E-state index in [0.29, 0.717) is 24.4 Å². The highest BCUT2D eigenvalue weighted by molar-refractivity contribution is 5.07. The lowest BCUT2D eigenvalue weighted by Crippen LogP contribution is -2.57. The molecule has 9 heteroatoms. The van der Waals surface area contributed by atoms with Crippen LogP contribution < -0.4 is 5.32 Å². The zero-order chi connectivity index (χ0) is 22.0. The number of piperidine rings is 1. The highest BCUT2D eigenvalue weighted by atomic mass is 19.4. The van der Waals surface area contributed by atoms with Crippen molar-refractivity contribution in [1.82, 2.24) is 20.2 Å². The molecule has 5 heterocycles. The Hall–Kier alpha value is -0.450. The van der Waals surface area contributed by atoms with E-state index in [9.17, 15) is 13.2 Å². The van der Waals surface area contributed by atoms with Crippen LogP contribution in [0.3, 0.4) is 0 Å². The molecule has 5 fully saturated rings. The Morgan fingerprint density at radius 2 is 1.71 bits per heavy atom. The summed E-state index contributed by atoms with van der Waals surface area (Å²) < 4.78 is 53.6. The molecule has 0 amide bonds. The summed E-state index contributed by atoms with van der Waals surface area (Å²) in [6, 6.07) is 1.01. The molecule has 8 atom stereocenters. The van der Waals surface area contributed by atoms with Crippen LogP contribution in [0.2, 0.25) is 0 Å². The van der Waals surface area contributed by atoms with E-state index < -0.39 is 17.5 Å². The predicted molar refractivity (Wildman–Crippen MR) is 110 cm³/mol. The smallest absolute Gasteiger partial charge is 0.381 e. The standard InChI is InChI=1S/C22H37F3N4O2/c1-21(22(23,24)25)13-26-20-17(21)8-15(10-27(20)2)18-9-19(14-4-6-30-11-14)29(28(18)3)16-5-7-31-12-16/h14-20,26H,4-13H2,1-3H3. The van der Waals surface area contributed by atoms with E-state index in [-0.39, 0.29) is 24.7 Å². The average Bonchev–Trinajstić information content (AvgIpc) is 3.47. The van der Waals surface area contributed by atoms with E-state index in [1.54, 1.807) is 0 Å². The topological polar surface area (TPSA) is 40.2 Å². The Morgan fingerprint density at radius 3 is 2.35 bits per heavy atom. The van der Waals surface area contributed by atoms with Gasteiger partial charge in [0.05, 0.1) is 30.8 Å². The number of likely N-dealkylation sites (tertiary alicyclic amines) is 1. The second kappa shape index (κ2) is 8.09. The van der Waals surface area contributed by atoms with Crippen molar-refractivity contribution in [3.8, 4) is 0 Å². The summed E-state index contributed by atoms with van der Waals surface area (Å²) in [4.78, 5) is 2.14. The fraction of sp³-hybridized carbons (Fsp3) is 1.00. The van der Waals surface area contributed by atoms with Crippen molar-refractivity contribution in [3.05, 3.63) is 0 Å². The minimum atomic E-state index is -4.19. The molecule has 5 aliphatic rings. The second-order valence-electron chi connectivity index (χ2n) is 10.7. The molecule has 0 aromatic carbocycles. The molecule has 0 spiro atoms. The molecule has 1 N–H and O–H groups in total. The van der Waals surface area contributed by atoms with Crippen LogP contribution in [-0.4, -0.2) is 99.0 Å². The normalized spacial score (nSPS) is 48.0. The van der Waals surface area contributed by atoms with E-state index in [1.165, 1.54) is 6.92 Å². The van der Waals surface area contributed by atoms with E-state index in [2.05, 4.69) is 27.3 Å². The molecule has 5 aliphatic heterocycles. The van der Waals surface area contributed by atoms with Gasteiger partial charge in [0.15, 0.2) is 0 Å². The largest absolute Gasteiger partial charge is 0.395 e. The van der Waals surface area contributed by atoms with Gasteiger partial charge in [-0.05, 0) is 45.6 Å². The number of ether oxygens (including phenoxy) is 2. The Labute approximate surface area is 183 Å². The van der Waals surface area contributed by atoms with Crippen molar-refractivity contribution in [2.75, 3.05) is 53.6 Å². The summed E-state index contributed by atoms with van der Waals surface area (Å²) in [5.41, 5.74) is -1.67. The maximum atomic E-state index is 14.1. The first-order valence-corrected chi connectivity index (χ1v) is 11.9. The molecule has 178 valence electrons. The fourth-order valence-electron chi connectivity index (χ4n) is 7.20. The molecule has 5 saturated heterocycles. The van der Waals surface area contributed by atoms with Gasteiger partial charge in [-0.2, -0.15) is 13.2 Å². The summed E-state index contributed by atoms with van der Waals surface area (Å²) in [5, 5.41) is 8.09. The molecule has 0 aliphatic carbocycles. The molecule has 0 aromatic heterocycles. The van der Waals surface area contributed by atoms with Gasteiger partial charge in [-0.15, -0.1) is 0 Å². The minimum Gasteiger partial charge on any atom is -0.381 e. The lowest BCUT2D eigenvalue weighted by molar-refractivity contribution is -0.232. The molecule has 8 unspecified atom stereocenters. The maximum Gasteiger partial charge on any atom is 0.395 e. The summed E-state index contributed by atoms with van der Waals surface area (Å²) in [7, 11) is 4.14. The maximum absolute atomic E-state index is 14.1. The van der Waals surface area contributed by atoms with Crippen molar-refractivity contribution >= 4 is 0 Å². The van der Waals surface area contributed by atoms with Gasteiger partial charge in [0.25, 0.3) is 0 Å². The third-order valence-electron chi connectivity index (χ3n) is 9.08. The average molecular weight is 447 g/mol. The molecule has 6 nitrogen and oxygen atoms in total. The Morgan fingerprint density at radius 1 is 0.968 bits per heavy atom. The first-order chi connectivity index (χ1) is 14.7. The first-order valence-electron chi connectivity index (χ1n) is 11.9. The lowest BCUT2D eigenvalue weighted by Gasteiger charge is -2.47. The SMILES string of the molecule is CN1CC(C2CC(C3CCOC3)N(C3CCOC3)N2C)CC2C1NCC2(C)C(F)(F)F. The zero-order valence-corrected chi connectivity index (χ0v) is 18.9. The molecule has 5 rings (SSSR count). The molecule has 0 radical (unpaired) electrons.